The van der Waals surface area contributed by atoms with Crippen molar-refractivity contribution in [3.8, 4) is 0 Å². The predicted molar refractivity (Wildman–Crippen MR) is 83.1 cm³/mol. The Morgan fingerprint density at radius 1 is 0.850 bits per heavy atom. The number of nitrogens with one attached hydrogen (secondary N) is 1. The summed E-state index contributed by atoms with van der Waals surface area (Å²) in [4.78, 5) is 12.6. The lowest BCUT2D eigenvalue weighted by atomic mass is 10.3. The summed E-state index contributed by atoms with van der Waals surface area (Å²) >= 11 is 1.77. The van der Waals surface area contributed by atoms with Crippen molar-refractivity contribution in [2.75, 3.05) is 0 Å². The summed E-state index contributed by atoms with van der Waals surface area (Å²) in [6.07, 6.45) is 1.83. The zero-order valence-corrected chi connectivity index (χ0v) is 11.7. The van der Waals surface area contributed by atoms with Gasteiger partial charge in [-0.3, -0.25) is 0 Å². The molecule has 98 valence electrons. The number of para-hydroxylation sites is 3. The first-order valence-corrected chi connectivity index (χ1v) is 7.48. The zero-order valence-electron chi connectivity index (χ0n) is 10.8. The number of aryl methyl sites for hydroxylation is 2. The van der Waals surface area contributed by atoms with Gasteiger partial charge in [0.15, 0.2) is 0 Å². The Hall–Kier alpha value is -2.20. The first-order valence-electron chi connectivity index (χ1n) is 6.66. The van der Waals surface area contributed by atoms with Gasteiger partial charge >= 0.3 is 0 Å². The van der Waals surface area contributed by atoms with E-state index in [-0.39, 0.29) is 0 Å². The van der Waals surface area contributed by atoms with E-state index in [0.29, 0.717) is 0 Å². The Labute approximate surface area is 120 Å². The normalized spacial score (nSPS) is 11.4. The van der Waals surface area contributed by atoms with Gasteiger partial charge in [-0.2, -0.15) is 0 Å². The van der Waals surface area contributed by atoms with E-state index < -0.39 is 0 Å². The van der Waals surface area contributed by atoms with E-state index in [9.17, 15) is 0 Å². The van der Waals surface area contributed by atoms with Crippen molar-refractivity contribution in [2.45, 2.75) is 12.8 Å². The number of aromatic amines is 1. The molecular formula is C16H13N3S. The largest absolute Gasteiger partial charge is 0.342 e. The Bertz CT molecular complexity index is 735. The van der Waals surface area contributed by atoms with Crippen molar-refractivity contribution in [1.29, 1.82) is 0 Å². The molecule has 1 N–H and O–H groups in total. The topological polar surface area (TPSA) is 41.6 Å². The van der Waals surface area contributed by atoms with E-state index in [2.05, 4.69) is 39.2 Å². The van der Waals surface area contributed by atoms with Crippen LogP contribution in [0.4, 0.5) is 0 Å². The molecule has 20 heavy (non-hydrogen) atoms. The second-order valence-corrected chi connectivity index (χ2v) is 5.89. The summed E-state index contributed by atoms with van der Waals surface area (Å²) in [5.74, 6) is 1.03. The monoisotopic (exact) mass is 279 g/mol. The highest BCUT2D eigenvalue weighted by molar-refractivity contribution is 7.18. The molecule has 4 rings (SSSR count). The van der Waals surface area contributed by atoms with E-state index in [1.165, 1.54) is 9.71 Å². The number of fused-ring (bicyclic) bond motifs is 2. The molecule has 0 amide bonds. The van der Waals surface area contributed by atoms with Crippen molar-refractivity contribution < 1.29 is 0 Å². The number of benzene rings is 2. The molecule has 0 bridgehead atoms. The number of hydrogen-bond donors (Lipinski definition) is 1. The maximum atomic E-state index is 4.66. The fourth-order valence-electron chi connectivity index (χ4n) is 2.38. The Kier molecular flexibility index (Phi) is 2.74. The van der Waals surface area contributed by atoms with Crippen LogP contribution in [-0.2, 0) is 12.8 Å². The number of hydrogen-bond acceptors (Lipinski definition) is 3. The lowest BCUT2D eigenvalue weighted by Gasteiger charge is -1.92. The van der Waals surface area contributed by atoms with Gasteiger partial charge in [-0.1, -0.05) is 24.3 Å². The van der Waals surface area contributed by atoms with E-state index in [0.717, 1.165) is 35.2 Å². The summed E-state index contributed by atoms with van der Waals surface area (Å²) < 4.78 is 1.26. The fraction of sp³-hybridized carbons (Fsp3) is 0.125. The lowest BCUT2D eigenvalue weighted by Crippen LogP contribution is -1.92. The number of imidazole rings is 1. The summed E-state index contributed by atoms with van der Waals surface area (Å²) in [5, 5.41) is 1.17. The molecule has 0 fully saturated rings. The van der Waals surface area contributed by atoms with Crippen molar-refractivity contribution in [1.82, 2.24) is 15.0 Å². The summed E-state index contributed by atoms with van der Waals surface area (Å²) in [5.41, 5.74) is 3.23. The van der Waals surface area contributed by atoms with E-state index in [4.69, 9.17) is 0 Å². The van der Waals surface area contributed by atoms with Crippen molar-refractivity contribution in [3.63, 3.8) is 0 Å². The molecule has 0 saturated carbocycles. The molecule has 0 aliphatic rings. The van der Waals surface area contributed by atoms with Gasteiger partial charge in [-0.25, -0.2) is 9.97 Å². The molecule has 0 spiro atoms. The molecule has 0 unspecified atom stereocenters. The number of nitrogens with zero attached hydrogens (tertiary/aromatic N) is 2. The number of rotatable bonds is 3. The van der Waals surface area contributed by atoms with Gasteiger partial charge in [-0.05, 0) is 24.3 Å². The van der Waals surface area contributed by atoms with Crippen LogP contribution in [0.2, 0.25) is 0 Å². The molecule has 0 radical (unpaired) electrons. The average Bonchev–Trinajstić information content (AvgIpc) is 3.07. The molecule has 2 heterocycles. The highest BCUT2D eigenvalue weighted by Crippen LogP contribution is 2.22. The predicted octanol–water partition coefficient (Wildman–Crippen LogP) is 3.96. The van der Waals surface area contributed by atoms with Crippen molar-refractivity contribution >= 4 is 32.6 Å². The minimum absolute atomic E-state index is 0.897. The van der Waals surface area contributed by atoms with Crippen LogP contribution in [0.1, 0.15) is 10.8 Å². The quantitative estimate of drug-likeness (QED) is 0.617. The molecule has 4 aromatic rings. The van der Waals surface area contributed by atoms with Crippen molar-refractivity contribution in [3.05, 3.63) is 59.4 Å². The molecule has 0 aliphatic carbocycles. The molecule has 0 atom stereocenters. The van der Waals surface area contributed by atoms with Gasteiger partial charge in [0.1, 0.15) is 5.82 Å². The Morgan fingerprint density at radius 3 is 2.50 bits per heavy atom. The van der Waals surface area contributed by atoms with Crippen LogP contribution in [0.3, 0.4) is 0 Å². The first kappa shape index (κ1) is 11.6. The van der Waals surface area contributed by atoms with Gasteiger partial charge in [0.2, 0.25) is 0 Å². The summed E-state index contributed by atoms with van der Waals surface area (Å²) in [6.45, 7) is 0. The fourth-order valence-corrected chi connectivity index (χ4v) is 3.34. The molecule has 0 aliphatic heterocycles. The van der Waals surface area contributed by atoms with Gasteiger partial charge < -0.3 is 4.98 Å². The third-order valence-corrected chi connectivity index (χ3v) is 4.45. The minimum Gasteiger partial charge on any atom is -0.342 e. The SMILES string of the molecule is c1ccc2[nH]c(CCc3nc4ccccc4s3)nc2c1. The lowest BCUT2D eigenvalue weighted by molar-refractivity contribution is 0.884. The second-order valence-electron chi connectivity index (χ2n) is 4.78. The standard InChI is InChI=1S/C16H13N3S/c1-2-6-12-11(5-1)17-15(18-12)9-10-16-19-13-7-3-4-8-14(13)20-16/h1-8H,9-10H2,(H,17,18). The number of aromatic nitrogens is 3. The van der Waals surface area contributed by atoms with Gasteiger partial charge in [-0.15, -0.1) is 11.3 Å². The first-order chi connectivity index (χ1) is 9.88. The van der Waals surface area contributed by atoms with Crippen LogP contribution >= 0.6 is 11.3 Å². The number of thiazole rings is 1. The zero-order chi connectivity index (χ0) is 13.4. The number of H-pyrrole nitrogens is 1. The van der Waals surface area contributed by atoms with Crippen LogP contribution in [-0.4, -0.2) is 15.0 Å². The minimum atomic E-state index is 0.897. The molecule has 2 aromatic heterocycles. The van der Waals surface area contributed by atoms with Gasteiger partial charge in [0, 0.05) is 12.8 Å². The maximum Gasteiger partial charge on any atom is 0.107 e. The van der Waals surface area contributed by atoms with Crippen LogP contribution in [0.15, 0.2) is 48.5 Å². The third kappa shape index (κ3) is 2.08. The van der Waals surface area contributed by atoms with Crippen molar-refractivity contribution in [2.24, 2.45) is 0 Å². The van der Waals surface area contributed by atoms with E-state index in [1.54, 1.807) is 11.3 Å². The average molecular weight is 279 g/mol. The van der Waals surface area contributed by atoms with Crippen LogP contribution in [0.25, 0.3) is 21.3 Å². The molecule has 4 heteroatoms. The Morgan fingerprint density at radius 2 is 1.65 bits per heavy atom. The van der Waals surface area contributed by atoms with Gasteiger partial charge in [0.05, 0.1) is 26.3 Å². The molecule has 3 nitrogen and oxygen atoms in total. The van der Waals surface area contributed by atoms with Gasteiger partial charge in [0.25, 0.3) is 0 Å². The Balaban J connectivity index is 1.57. The summed E-state index contributed by atoms with van der Waals surface area (Å²) in [7, 11) is 0. The highest BCUT2D eigenvalue weighted by Gasteiger charge is 2.06. The smallest absolute Gasteiger partial charge is 0.107 e. The van der Waals surface area contributed by atoms with Crippen LogP contribution < -0.4 is 0 Å². The second kappa shape index (κ2) is 4.72. The van der Waals surface area contributed by atoms with E-state index in [1.807, 2.05) is 24.3 Å². The molecule has 2 aromatic carbocycles. The third-order valence-electron chi connectivity index (χ3n) is 3.35. The maximum absolute atomic E-state index is 4.66. The highest BCUT2D eigenvalue weighted by atomic mass is 32.1. The summed E-state index contributed by atoms with van der Waals surface area (Å²) in [6, 6.07) is 16.4. The molecular weight excluding hydrogens is 266 g/mol. The van der Waals surface area contributed by atoms with E-state index >= 15 is 0 Å². The van der Waals surface area contributed by atoms with Crippen LogP contribution in [0, 0.1) is 0 Å². The molecule has 0 saturated heterocycles. The van der Waals surface area contributed by atoms with Crippen LogP contribution in [0.5, 0.6) is 0 Å².